The number of amides is 4. The summed E-state index contributed by atoms with van der Waals surface area (Å²) in [5.41, 5.74) is 11.2. The number of alkyl carbamates (subject to hydrolysis) is 1. The number of pyridine rings is 1. The highest BCUT2D eigenvalue weighted by Crippen LogP contribution is 2.52. The number of hydrogen-bond acceptors (Lipinski definition) is 9. The highest BCUT2D eigenvalue weighted by molar-refractivity contribution is 6.04. The summed E-state index contributed by atoms with van der Waals surface area (Å²) in [6.45, 7) is 12.6. The minimum atomic E-state index is -0.757. The Morgan fingerprint density at radius 1 is 0.912 bits per heavy atom. The molecule has 0 spiro atoms. The van der Waals surface area contributed by atoms with Crippen LogP contribution in [-0.4, -0.2) is 100.0 Å². The van der Waals surface area contributed by atoms with Gasteiger partial charge in [0.15, 0.2) is 0 Å². The molecule has 57 heavy (non-hydrogen) atoms. The van der Waals surface area contributed by atoms with Crippen molar-refractivity contribution >= 4 is 35.3 Å². The van der Waals surface area contributed by atoms with Crippen LogP contribution in [0.1, 0.15) is 69.7 Å². The molecular formula is C43H53N9O5. The van der Waals surface area contributed by atoms with E-state index in [1.807, 2.05) is 67.3 Å². The fourth-order valence-electron chi connectivity index (χ4n) is 8.00. The summed E-state index contributed by atoms with van der Waals surface area (Å²) in [6.07, 6.45) is 4.27. The molecule has 4 aromatic rings. The molecule has 7 rings (SSSR count). The fraction of sp³-hybridized carbons (Fsp3) is 0.442. The van der Waals surface area contributed by atoms with Gasteiger partial charge in [0.25, 0.3) is 5.91 Å². The van der Waals surface area contributed by atoms with E-state index >= 15 is 0 Å². The van der Waals surface area contributed by atoms with Crippen LogP contribution in [0, 0.1) is 17.3 Å². The van der Waals surface area contributed by atoms with Crippen molar-refractivity contribution in [2.24, 2.45) is 23.0 Å². The summed E-state index contributed by atoms with van der Waals surface area (Å²) < 4.78 is 4.74. The molecule has 2 saturated heterocycles. The van der Waals surface area contributed by atoms with Gasteiger partial charge in [0.05, 0.1) is 36.9 Å². The number of imidazole rings is 1. The van der Waals surface area contributed by atoms with Crippen LogP contribution in [0.4, 0.5) is 16.3 Å². The number of hydrogen-bond donors (Lipinski definition) is 4. The Hall–Kier alpha value is -5.76. The third-order valence-corrected chi connectivity index (χ3v) is 11.6. The number of nitrogens with two attached hydrogens (primary N) is 1. The number of carbonyl (C=O) groups is 4. The Morgan fingerprint density at radius 3 is 2.18 bits per heavy atom. The molecule has 2 aromatic carbocycles. The molecule has 1 aliphatic carbocycles. The van der Waals surface area contributed by atoms with E-state index in [1.165, 1.54) is 7.11 Å². The Morgan fingerprint density at radius 2 is 1.58 bits per heavy atom. The standard InChI is InChI=1S/C43H53N9O5/c1-25(2)37(49-42(56)57-6)41(55)52-24-31(44)19-35(52)38-46-22-34(48-38)29-11-7-27(8-12-29)28-9-13-30(14-10-28)39(53)47-32-15-16-36(45-21-32)51-18-17-50(23-26(51)3)40(54)33-20-43(33,4)5/h7-16,21-22,25-26,31,33,35,37H,17-20,23-24,44H2,1-6H3,(H,46,48)(H,47,53)(H,49,56)/t26-,31+,33-,35+,37+/m1/s1. The Labute approximate surface area is 333 Å². The predicted molar refractivity (Wildman–Crippen MR) is 218 cm³/mol. The molecule has 1 saturated carbocycles. The van der Waals surface area contributed by atoms with Crippen LogP contribution in [0.5, 0.6) is 0 Å². The van der Waals surface area contributed by atoms with Gasteiger partial charge in [0.2, 0.25) is 11.8 Å². The van der Waals surface area contributed by atoms with E-state index < -0.39 is 12.1 Å². The van der Waals surface area contributed by atoms with Crippen molar-refractivity contribution in [3.05, 3.63) is 84.4 Å². The van der Waals surface area contributed by atoms with Crippen LogP contribution in [0.25, 0.3) is 22.4 Å². The zero-order valence-electron chi connectivity index (χ0n) is 33.5. The maximum atomic E-state index is 13.6. The third-order valence-electron chi connectivity index (χ3n) is 11.6. The molecule has 0 unspecified atom stereocenters. The summed E-state index contributed by atoms with van der Waals surface area (Å²) in [6, 6.07) is 18.0. The van der Waals surface area contributed by atoms with E-state index in [0.29, 0.717) is 43.1 Å². The molecule has 0 radical (unpaired) electrons. The zero-order valence-corrected chi connectivity index (χ0v) is 33.5. The van der Waals surface area contributed by atoms with Gasteiger partial charge in [-0.2, -0.15) is 0 Å². The van der Waals surface area contributed by atoms with Crippen LogP contribution >= 0.6 is 0 Å². The van der Waals surface area contributed by atoms with Crippen LogP contribution in [0.2, 0.25) is 0 Å². The van der Waals surface area contributed by atoms with E-state index in [9.17, 15) is 19.2 Å². The quantitative estimate of drug-likeness (QED) is 0.163. The number of nitrogens with one attached hydrogen (secondary N) is 3. The van der Waals surface area contributed by atoms with Crippen molar-refractivity contribution in [1.82, 2.24) is 30.1 Å². The Bertz CT molecular complexity index is 2100. The number of aromatic amines is 1. The number of methoxy groups -OCH3 is 1. The average molecular weight is 776 g/mol. The summed E-state index contributed by atoms with van der Waals surface area (Å²) in [7, 11) is 1.27. The predicted octanol–water partition coefficient (Wildman–Crippen LogP) is 5.46. The van der Waals surface area contributed by atoms with E-state index in [0.717, 1.165) is 41.2 Å². The Balaban J connectivity index is 0.939. The van der Waals surface area contributed by atoms with Crippen LogP contribution in [0.3, 0.4) is 0 Å². The normalized spacial score (nSPS) is 21.9. The molecule has 2 aromatic heterocycles. The lowest BCUT2D eigenvalue weighted by Crippen LogP contribution is -2.54. The number of ether oxygens (including phenoxy) is 1. The maximum absolute atomic E-state index is 13.6. The first-order chi connectivity index (χ1) is 27.2. The van der Waals surface area contributed by atoms with Gasteiger partial charge in [-0.3, -0.25) is 14.4 Å². The van der Waals surface area contributed by atoms with Crippen molar-refractivity contribution < 1.29 is 23.9 Å². The molecule has 14 heteroatoms. The second-order valence-electron chi connectivity index (χ2n) is 16.6. The molecule has 14 nitrogen and oxygen atoms in total. The molecule has 3 fully saturated rings. The van der Waals surface area contributed by atoms with E-state index in [2.05, 4.69) is 51.3 Å². The van der Waals surface area contributed by atoms with Crippen molar-refractivity contribution in [1.29, 1.82) is 0 Å². The van der Waals surface area contributed by atoms with Gasteiger partial charge in [0.1, 0.15) is 17.7 Å². The monoisotopic (exact) mass is 775 g/mol. The summed E-state index contributed by atoms with van der Waals surface area (Å²) in [4.78, 5) is 70.2. The molecule has 0 bridgehead atoms. The van der Waals surface area contributed by atoms with Crippen LogP contribution < -0.4 is 21.3 Å². The second-order valence-corrected chi connectivity index (χ2v) is 16.6. The van der Waals surface area contributed by atoms with E-state index in [-0.39, 0.29) is 53.1 Å². The Kier molecular flexibility index (Phi) is 11.1. The minimum absolute atomic E-state index is 0.122. The lowest BCUT2D eigenvalue weighted by Gasteiger charge is -2.41. The van der Waals surface area contributed by atoms with E-state index in [1.54, 1.807) is 29.4 Å². The zero-order chi connectivity index (χ0) is 40.6. The minimum Gasteiger partial charge on any atom is -0.453 e. The van der Waals surface area contributed by atoms with Gasteiger partial charge < -0.3 is 40.8 Å². The largest absolute Gasteiger partial charge is 0.453 e. The lowest BCUT2D eigenvalue weighted by molar-refractivity contribution is -0.135. The molecule has 5 N–H and O–H groups in total. The molecule has 5 atom stereocenters. The number of nitrogens with zero attached hydrogens (tertiary/aromatic N) is 5. The van der Waals surface area contributed by atoms with Crippen molar-refractivity contribution in [3.63, 3.8) is 0 Å². The average Bonchev–Trinajstić information content (AvgIpc) is 3.49. The highest BCUT2D eigenvalue weighted by atomic mass is 16.5. The van der Waals surface area contributed by atoms with Crippen molar-refractivity contribution in [3.8, 4) is 22.4 Å². The highest BCUT2D eigenvalue weighted by Gasteiger charge is 2.52. The number of H-pyrrole nitrogens is 1. The lowest BCUT2D eigenvalue weighted by atomic mass is 10.0. The van der Waals surface area contributed by atoms with Crippen molar-refractivity contribution in [2.45, 2.75) is 71.6 Å². The van der Waals surface area contributed by atoms with Gasteiger partial charge >= 0.3 is 6.09 Å². The van der Waals surface area contributed by atoms with Gasteiger partial charge in [-0.05, 0) is 72.1 Å². The number of carbonyl (C=O) groups excluding carboxylic acids is 4. The summed E-state index contributed by atoms with van der Waals surface area (Å²) >= 11 is 0. The summed E-state index contributed by atoms with van der Waals surface area (Å²) in [5, 5.41) is 5.62. The van der Waals surface area contributed by atoms with Crippen LogP contribution in [0.15, 0.2) is 73.1 Å². The first-order valence-corrected chi connectivity index (χ1v) is 19.7. The molecular weight excluding hydrogens is 723 g/mol. The number of benzene rings is 2. The number of anilines is 2. The molecule has 300 valence electrons. The van der Waals surface area contributed by atoms with Gasteiger partial charge in [-0.15, -0.1) is 0 Å². The molecule has 4 amide bonds. The first kappa shape index (κ1) is 39.5. The first-order valence-electron chi connectivity index (χ1n) is 19.7. The number of aromatic nitrogens is 3. The SMILES string of the molecule is COC(=O)N[C@H](C(=O)N1C[C@@H](N)C[C@H]1c1ncc(-c2ccc(-c3ccc(C(=O)Nc4ccc(N5CCN(C(=O)[C@H]6CC6(C)C)C[C@H]5C)nc4)cc3)cc2)[nH]1)C(C)C. The molecule has 3 aliphatic rings. The number of rotatable bonds is 10. The second kappa shape index (κ2) is 16.0. The van der Waals surface area contributed by atoms with Crippen molar-refractivity contribution in [2.75, 3.05) is 43.5 Å². The topological polar surface area (TPSA) is 179 Å². The number of likely N-dealkylation sites (tertiary alicyclic amines) is 1. The number of piperazine rings is 1. The third kappa shape index (κ3) is 8.51. The smallest absolute Gasteiger partial charge is 0.407 e. The molecule has 2 aliphatic heterocycles. The van der Waals surface area contributed by atoms with Gasteiger partial charge in [-0.1, -0.05) is 64.1 Å². The van der Waals surface area contributed by atoms with Crippen LogP contribution in [-0.2, 0) is 14.3 Å². The van der Waals surface area contributed by atoms with Gasteiger partial charge in [-0.25, -0.2) is 14.8 Å². The fourth-order valence-corrected chi connectivity index (χ4v) is 8.00. The van der Waals surface area contributed by atoms with E-state index in [4.69, 9.17) is 10.5 Å². The molecule has 4 heterocycles. The summed E-state index contributed by atoms with van der Waals surface area (Å²) in [5.74, 6) is 1.26. The van der Waals surface area contributed by atoms with Gasteiger partial charge in [0, 0.05) is 49.7 Å². The maximum Gasteiger partial charge on any atom is 0.407 e.